The molecule has 0 radical (unpaired) electrons. The zero-order valence-corrected chi connectivity index (χ0v) is 17.7. The minimum Gasteiger partial charge on any atom is -0.379 e. The number of carbonyl (C=O) groups excluding carboxylic acids is 1. The Kier molecular flexibility index (Phi) is 6.91. The van der Waals surface area contributed by atoms with Crippen LogP contribution in [0.5, 0.6) is 0 Å². The van der Waals surface area contributed by atoms with E-state index < -0.39 is 0 Å². The molecule has 162 valence electrons. The number of morpholine rings is 1. The number of carbonyl (C=O) groups is 1. The Morgan fingerprint density at radius 3 is 2.65 bits per heavy atom. The molecule has 2 N–H and O–H groups in total. The average Bonchev–Trinajstić information content (AvgIpc) is 3.34. The molecule has 0 bridgehead atoms. The molecule has 2 aromatic carbocycles. The zero-order valence-electron chi connectivity index (χ0n) is 17.7. The van der Waals surface area contributed by atoms with E-state index in [1.807, 2.05) is 43.3 Å². The van der Waals surface area contributed by atoms with Crippen LogP contribution >= 0.6 is 0 Å². The van der Waals surface area contributed by atoms with Crippen LogP contribution in [0.4, 0.5) is 4.79 Å². The second kappa shape index (κ2) is 10.2. The minimum absolute atomic E-state index is 0.113. The highest BCUT2D eigenvalue weighted by Gasteiger charge is 2.12. The molecule has 0 saturated carbocycles. The smallest absolute Gasteiger partial charge is 0.315 e. The third kappa shape index (κ3) is 5.90. The third-order valence-corrected chi connectivity index (χ3v) is 5.38. The fraction of sp³-hybridized carbons (Fsp3) is 0.348. The SMILES string of the molecule is CC(NC(=O)NCc1cccc(CN2CCOCC2)c1)c1ccc(-n2cncn2)cc1. The van der Waals surface area contributed by atoms with E-state index in [0.717, 1.165) is 49.7 Å². The van der Waals surface area contributed by atoms with Crippen molar-refractivity contribution in [2.45, 2.75) is 26.1 Å². The van der Waals surface area contributed by atoms with E-state index in [2.05, 4.69) is 37.7 Å². The van der Waals surface area contributed by atoms with Crippen molar-refractivity contribution in [3.05, 3.63) is 77.9 Å². The molecule has 0 spiro atoms. The van der Waals surface area contributed by atoms with Crippen LogP contribution in [0.3, 0.4) is 0 Å². The maximum atomic E-state index is 12.4. The van der Waals surface area contributed by atoms with Crippen LogP contribution in [0.1, 0.15) is 29.7 Å². The average molecular weight is 421 g/mol. The number of amides is 2. The number of hydrogen-bond donors (Lipinski definition) is 2. The molecule has 1 saturated heterocycles. The van der Waals surface area contributed by atoms with Crippen LogP contribution in [-0.2, 0) is 17.8 Å². The van der Waals surface area contributed by atoms with E-state index in [9.17, 15) is 4.79 Å². The van der Waals surface area contributed by atoms with Crippen molar-refractivity contribution in [1.82, 2.24) is 30.3 Å². The summed E-state index contributed by atoms with van der Waals surface area (Å²) in [6, 6.07) is 15.9. The summed E-state index contributed by atoms with van der Waals surface area (Å²) in [5, 5.41) is 10.1. The molecule has 1 aliphatic rings. The number of urea groups is 1. The summed E-state index contributed by atoms with van der Waals surface area (Å²) in [6.45, 7) is 6.87. The van der Waals surface area contributed by atoms with Gasteiger partial charge in [-0.3, -0.25) is 4.90 Å². The Hall–Kier alpha value is -3.23. The number of rotatable bonds is 7. The lowest BCUT2D eigenvalue weighted by molar-refractivity contribution is 0.0342. The van der Waals surface area contributed by atoms with Crippen molar-refractivity contribution < 1.29 is 9.53 Å². The molecular formula is C23H28N6O2. The summed E-state index contributed by atoms with van der Waals surface area (Å²) in [7, 11) is 0. The van der Waals surface area contributed by atoms with Gasteiger partial charge >= 0.3 is 6.03 Å². The second-order valence-corrected chi connectivity index (χ2v) is 7.69. The van der Waals surface area contributed by atoms with Crippen molar-refractivity contribution >= 4 is 6.03 Å². The molecule has 1 atom stereocenters. The maximum absolute atomic E-state index is 12.4. The van der Waals surface area contributed by atoms with Crippen LogP contribution in [0.15, 0.2) is 61.2 Å². The van der Waals surface area contributed by atoms with Gasteiger partial charge in [-0.2, -0.15) is 5.10 Å². The lowest BCUT2D eigenvalue weighted by Gasteiger charge is -2.26. The number of benzene rings is 2. The summed E-state index contributed by atoms with van der Waals surface area (Å²) < 4.78 is 7.11. The van der Waals surface area contributed by atoms with Gasteiger partial charge in [0.05, 0.1) is 24.9 Å². The molecule has 1 unspecified atom stereocenters. The molecule has 1 fully saturated rings. The largest absolute Gasteiger partial charge is 0.379 e. The molecule has 1 aromatic heterocycles. The third-order valence-electron chi connectivity index (χ3n) is 5.38. The summed E-state index contributed by atoms with van der Waals surface area (Å²) in [5.41, 5.74) is 4.29. The van der Waals surface area contributed by atoms with Crippen molar-refractivity contribution in [2.24, 2.45) is 0 Å². The number of ether oxygens (including phenoxy) is 1. The molecule has 8 nitrogen and oxygen atoms in total. The summed E-state index contributed by atoms with van der Waals surface area (Å²) >= 11 is 0. The van der Waals surface area contributed by atoms with E-state index in [1.165, 1.54) is 11.9 Å². The van der Waals surface area contributed by atoms with Gasteiger partial charge in [0.1, 0.15) is 12.7 Å². The van der Waals surface area contributed by atoms with Crippen LogP contribution in [0.25, 0.3) is 5.69 Å². The topological polar surface area (TPSA) is 84.3 Å². The fourth-order valence-electron chi connectivity index (χ4n) is 3.63. The Bertz CT molecular complexity index is 968. The predicted octanol–water partition coefficient (Wildman–Crippen LogP) is 2.66. The first-order valence-corrected chi connectivity index (χ1v) is 10.5. The van der Waals surface area contributed by atoms with Gasteiger partial charge in [-0.15, -0.1) is 0 Å². The predicted molar refractivity (Wildman–Crippen MR) is 118 cm³/mol. The molecule has 1 aliphatic heterocycles. The van der Waals surface area contributed by atoms with Gasteiger partial charge in [-0.25, -0.2) is 14.5 Å². The summed E-state index contributed by atoms with van der Waals surface area (Å²) in [4.78, 5) is 18.7. The number of hydrogen-bond acceptors (Lipinski definition) is 5. The number of nitrogens with zero attached hydrogens (tertiary/aromatic N) is 4. The maximum Gasteiger partial charge on any atom is 0.315 e. The van der Waals surface area contributed by atoms with E-state index in [4.69, 9.17) is 4.74 Å². The van der Waals surface area contributed by atoms with Crippen LogP contribution in [-0.4, -0.2) is 52.0 Å². The Balaban J connectivity index is 1.26. The van der Waals surface area contributed by atoms with Crippen LogP contribution in [0.2, 0.25) is 0 Å². The molecule has 3 aromatic rings. The van der Waals surface area contributed by atoms with Gasteiger partial charge in [0.2, 0.25) is 0 Å². The Morgan fingerprint density at radius 1 is 1.13 bits per heavy atom. The quantitative estimate of drug-likeness (QED) is 0.614. The van der Waals surface area contributed by atoms with E-state index >= 15 is 0 Å². The van der Waals surface area contributed by atoms with Crippen molar-refractivity contribution in [1.29, 1.82) is 0 Å². The zero-order chi connectivity index (χ0) is 21.5. The first-order chi connectivity index (χ1) is 15.2. The highest BCUT2D eigenvalue weighted by atomic mass is 16.5. The van der Waals surface area contributed by atoms with Gasteiger partial charge in [0.15, 0.2) is 0 Å². The Morgan fingerprint density at radius 2 is 1.90 bits per heavy atom. The van der Waals surface area contributed by atoms with E-state index in [0.29, 0.717) is 6.54 Å². The highest BCUT2D eigenvalue weighted by Crippen LogP contribution is 2.15. The minimum atomic E-state index is -0.188. The van der Waals surface area contributed by atoms with Gasteiger partial charge in [-0.1, -0.05) is 36.4 Å². The Labute approximate surface area is 182 Å². The first kappa shape index (κ1) is 21.0. The molecular weight excluding hydrogens is 392 g/mol. The monoisotopic (exact) mass is 420 g/mol. The van der Waals surface area contributed by atoms with Crippen LogP contribution < -0.4 is 10.6 Å². The van der Waals surface area contributed by atoms with Crippen LogP contribution in [0, 0.1) is 0 Å². The number of nitrogens with one attached hydrogen (secondary N) is 2. The van der Waals surface area contributed by atoms with Gasteiger partial charge in [-0.05, 0) is 35.7 Å². The first-order valence-electron chi connectivity index (χ1n) is 10.5. The van der Waals surface area contributed by atoms with Crippen molar-refractivity contribution in [3.63, 3.8) is 0 Å². The van der Waals surface area contributed by atoms with E-state index in [-0.39, 0.29) is 12.1 Å². The second-order valence-electron chi connectivity index (χ2n) is 7.69. The lowest BCUT2D eigenvalue weighted by Crippen LogP contribution is -2.36. The normalized spacial score (nSPS) is 15.4. The lowest BCUT2D eigenvalue weighted by atomic mass is 10.1. The fourth-order valence-corrected chi connectivity index (χ4v) is 3.63. The standard InChI is InChI=1S/C23H28N6O2/c1-18(21-5-7-22(8-6-21)29-17-24-16-26-29)27-23(30)25-14-19-3-2-4-20(13-19)15-28-9-11-31-12-10-28/h2-8,13,16-18H,9-12,14-15H2,1H3,(H2,25,27,30). The van der Waals surface area contributed by atoms with Gasteiger partial charge in [0, 0.05) is 26.2 Å². The number of aromatic nitrogens is 3. The molecule has 0 aliphatic carbocycles. The van der Waals surface area contributed by atoms with Gasteiger partial charge < -0.3 is 15.4 Å². The molecule has 8 heteroatoms. The summed E-state index contributed by atoms with van der Waals surface area (Å²) in [6.07, 6.45) is 3.15. The summed E-state index contributed by atoms with van der Waals surface area (Å²) in [5.74, 6) is 0. The molecule has 2 amide bonds. The molecule has 4 rings (SSSR count). The molecule has 31 heavy (non-hydrogen) atoms. The van der Waals surface area contributed by atoms with Gasteiger partial charge in [0.25, 0.3) is 0 Å². The molecule has 2 heterocycles. The van der Waals surface area contributed by atoms with E-state index in [1.54, 1.807) is 11.0 Å². The van der Waals surface area contributed by atoms with Crippen molar-refractivity contribution in [3.8, 4) is 5.69 Å². The van der Waals surface area contributed by atoms with Crippen molar-refractivity contribution in [2.75, 3.05) is 26.3 Å². The highest BCUT2D eigenvalue weighted by molar-refractivity contribution is 5.74.